The fourth-order valence-electron chi connectivity index (χ4n) is 2.61. The number of nitrogens with zero attached hydrogens (tertiary/aromatic N) is 1. The number of carbonyl (C=O) groups excluding carboxylic acids is 1. The Morgan fingerprint density at radius 1 is 1.13 bits per heavy atom. The van der Waals surface area contributed by atoms with E-state index in [9.17, 15) is 22.0 Å². The first kappa shape index (κ1) is 15.4. The van der Waals surface area contributed by atoms with Gasteiger partial charge in [-0.25, -0.2) is 17.2 Å². The van der Waals surface area contributed by atoms with Gasteiger partial charge in [-0.2, -0.15) is 0 Å². The van der Waals surface area contributed by atoms with Gasteiger partial charge in [0.1, 0.15) is 0 Å². The number of primary amides is 1. The van der Waals surface area contributed by atoms with Gasteiger partial charge < -0.3 is 5.73 Å². The van der Waals surface area contributed by atoms with Crippen molar-refractivity contribution in [2.24, 2.45) is 5.73 Å². The highest BCUT2D eigenvalue weighted by atomic mass is 32.2. The average molecular weight is 338 g/mol. The predicted molar refractivity (Wildman–Crippen MR) is 79.3 cm³/mol. The zero-order chi connectivity index (χ0) is 16.8. The summed E-state index contributed by atoms with van der Waals surface area (Å²) in [7, 11) is -4.14. The third-order valence-electron chi connectivity index (χ3n) is 3.75. The van der Waals surface area contributed by atoms with E-state index in [4.69, 9.17) is 5.73 Å². The van der Waals surface area contributed by atoms with Crippen molar-refractivity contribution in [3.05, 3.63) is 59.7 Å². The molecule has 1 heterocycles. The minimum Gasteiger partial charge on any atom is -0.369 e. The van der Waals surface area contributed by atoms with E-state index in [0.717, 1.165) is 16.4 Å². The molecule has 0 fully saturated rings. The van der Waals surface area contributed by atoms with Crippen molar-refractivity contribution in [2.75, 3.05) is 10.8 Å². The summed E-state index contributed by atoms with van der Waals surface area (Å²) in [6.07, 6.45) is 0. The van der Waals surface area contributed by atoms with Crippen LogP contribution in [-0.2, 0) is 14.8 Å². The number of nitrogens with two attached hydrogens (primary N) is 1. The maximum atomic E-state index is 13.4. The standard InChI is InChI=1S/C15H12F2N2O3S/c16-12-6-5-9(7-13(12)17)23(21,22)19-8-11(15(18)20)10-3-1-2-4-14(10)19/h1-7,11H,8H2,(H2,18,20)/t11-/m1/s1. The largest absolute Gasteiger partial charge is 0.369 e. The lowest BCUT2D eigenvalue weighted by Gasteiger charge is -2.19. The topological polar surface area (TPSA) is 80.5 Å². The lowest BCUT2D eigenvalue weighted by molar-refractivity contribution is -0.119. The minimum absolute atomic E-state index is 0.171. The molecule has 0 unspecified atom stereocenters. The average Bonchev–Trinajstić information content (AvgIpc) is 2.90. The maximum Gasteiger partial charge on any atom is 0.264 e. The van der Waals surface area contributed by atoms with E-state index in [-0.39, 0.29) is 6.54 Å². The second-order valence-corrected chi connectivity index (χ2v) is 6.99. The molecule has 0 aliphatic carbocycles. The van der Waals surface area contributed by atoms with E-state index in [1.807, 2.05) is 0 Å². The molecule has 2 aromatic rings. The van der Waals surface area contributed by atoms with Crippen LogP contribution in [0.15, 0.2) is 47.4 Å². The smallest absolute Gasteiger partial charge is 0.264 e. The van der Waals surface area contributed by atoms with Gasteiger partial charge in [-0.05, 0) is 29.8 Å². The SMILES string of the molecule is NC(=O)[C@@H]1CN(S(=O)(=O)c2ccc(F)c(F)c2)c2ccccc21. The van der Waals surface area contributed by atoms with Crippen molar-refractivity contribution in [1.29, 1.82) is 0 Å². The summed E-state index contributed by atoms with van der Waals surface area (Å²) in [6.45, 7) is -0.171. The van der Waals surface area contributed by atoms with Crippen LogP contribution in [0.4, 0.5) is 14.5 Å². The van der Waals surface area contributed by atoms with Crippen LogP contribution in [0.5, 0.6) is 0 Å². The van der Waals surface area contributed by atoms with Gasteiger partial charge in [-0.15, -0.1) is 0 Å². The van der Waals surface area contributed by atoms with Crippen molar-refractivity contribution in [3.63, 3.8) is 0 Å². The van der Waals surface area contributed by atoms with Crippen molar-refractivity contribution in [1.82, 2.24) is 0 Å². The van der Waals surface area contributed by atoms with Gasteiger partial charge in [0.15, 0.2) is 11.6 Å². The molecule has 0 saturated carbocycles. The summed E-state index contributed by atoms with van der Waals surface area (Å²) in [5.41, 5.74) is 6.13. The Labute approximate surface area is 131 Å². The van der Waals surface area contributed by atoms with Gasteiger partial charge in [-0.1, -0.05) is 18.2 Å². The summed E-state index contributed by atoms with van der Waals surface area (Å²) in [4.78, 5) is 11.2. The van der Waals surface area contributed by atoms with Crippen LogP contribution in [0, 0.1) is 11.6 Å². The monoisotopic (exact) mass is 338 g/mol. The molecule has 23 heavy (non-hydrogen) atoms. The fourth-order valence-corrected chi connectivity index (χ4v) is 4.12. The summed E-state index contributed by atoms with van der Waals surface area (Å²) < 4.78 is 52.8. The molecule has 120 valence electrons. The van der Waals surface area contributed by atoms with E-state index in [1.165, 1.54) is 6.07 Å². The molecule has 1 aliphatic rings. The van der Waals surface area contributed by atoms with Crippen LogP contribution >= 0.6 is 0 Å². The van der Waals surface area contributed by atoms with E-state index < -0.39 is 38.4 Å². The van der Waals surface area contributed by atoms with Crippen LogP contribution in [0.2, 0.25) is 0 Å². The van der Waals surface area contributed by atoms with Crippen LogP contribution in [-0.4, -0.2) is 20.9 Å². The number of halogens is 2. The number of rotatable bonds is 3. The van der Waals surface area contributed by atoms with E-state index >= 15 is 0 Å². The fraction of sp³-hybridized carbons (Fsp3) is 0.133. The second-order valence-electron chi connectivity index (χ2n) is 5.13. The number of sulfonamides is 1. The van der Waals surface area contributed by atoms with Crippen LogP contribution in [0.25, 0.3) is 0 Å². The molecule has 2 aromatic carbocycles. The minimum atomic E-state index is -4.14. The molecule has 1 amide bonds. The van der Waals surface area contributed by atoms with E-state index in [1.54, 1.807) is 18.2 Å². The van der Waals surface area contributed by atoms with Crippen LogP contribution < -0.4 is 10.0 Å². The van der Waals surface area contributed by atoms with Crippen molar-refractivity contribution in [3.8, 4) is 0 Å². The number of carbonyl (C=O) groups is 1. The molecule has 2 N–H and O–H groups in total. The molecular weight excluding hydrogens is 326 g/mol. The molecule has 5 nitrogen and oxygen atoms in total. The number of hydrogen-bond acceptors (Lipinski definition) is 3. The van der Waals surface area contributed by atoms with E-state index in [2.05, 4.69) is 0 Å². The van der Waals surface area contributed by atoms with Crippen LogP contribution in [0.1, 0.15) is 11.5 Å². The first-order valence-electron chi connectivity index (χ1n) is 6.68. The Morgan fingerprint density at radius 2 is 1.83 bits per heavy atom. The Balaban J connectivity index is 2.11. The number of fused-ring (bicyclic) bond motifs is 1. The molecule has 1 atom stereocenters. The molecule has 0 bridgehead atoms. The van der Waals surface area contributed by atoms with Crippen molar-refractivity contribution < 1.29 is 22.0 Å². The zero-order valence-corrected chi connectivity index (χ0v) is 12.6. The van der Waals surface area contributed by atoms with E-state index in [0.29, 0.717) is 17.3 Å². The highest BCUT2D eigenvalue weighted by Crippen LogP contribution is 2.39. The molecule has 0 aromatic heterocycles. The lowest BCUT2D eigenvalue weighted by Crippen LogP contribution is -2.33. The third kappa shape index (κ3) is 2.44. The summed E-state index contributed by atoms with van der Waals surface area (Å²) in [5, 5.41) is 0. The number of hydrogen-bond donors (Lipinski definition) is 1. The Kier molecular flexibility index (Phi) is 3.56. The van der Waals surface area contributed by atoms with Gasteiger partial charge in [0.25, 0.3) is 10.0 Å². The van der Waals surface area contributed by atoms with Gasteiger partial charge in [0.05, 0.1) is 23.0 Å². The highest BCUT2D eigenvalue weighted by molar-refractivity contribution is 7.92. The molecule has 0 saturated heterocycles. The molecule has 8 heteroatoms. The first-order chi connectivity index (χ1) is 10.8. The maximum absolute atomic E-state index is 13.4. The lowest BCUT2D eigenvalue weighted by atomic mass is 10.0. The van der Waals surface area contributed by atoms with Gasteiger partial charge in [-0.3, -0.25) is 9.10 Å². The van der Waals surface area contributed by atoms with Gasteiger partial charge in [0.2, 0.25) is 5.91 Å². The quantitative estimate of drug-likeness (QED) is 0.926. The molecule has 0 radical (unpaired) electrons. The van der Waals surface area contributed by atoms with Crippen molar-refractivity contribution >= 4 is 21.6 Å². The van der Waals surface area contributed by atoms with Gasteiger partial charge >= 0.3 is 0 Å². The predicted octanol–water partition coefficient (Wildman–Crippen LogP) is 1.74. The second kappa shape index (κ2) is 5.31. The normalized spacial score (nSPS) is 17.1. The summed E-state index contributed by atoms with van der Waals surface area (Å²) in [5.74, 6) is -3.84. The third-order valence-corrected chi connectivity index (χ3v) is 5.53. The first-order valence-corrected chi connectivity index (χ1v) is 8.12. The highest BCUT2D eigenvalue weighted by Gasteiger charge is 2.39. The van der Waals surface area contributed by atoms with Crippen molar-refractivity contribution in [2.45, 2.75) is 10.8 Å². The molecule has 3 rings (SSSR count). The number of benzene rings is 2. The number of para-hydroxylation sites is 1. The van der Waals surface area contributed by atoms with Gasteiger partial charge in [0, 0.05) is 0 Å². The Morgan fingerprint density at radius 3 is 2.48 bits per heavy atom. The Hall–Kier alpha value is -2.48. The summed E-state index contributed by atoms with van der Waals surface area (Å²) >= 11 is 0. The Bertz CT molecular complexity index is 899. The zero-order valence-electron chi connectivity index (χ0n) is 11.7. The number of amides is 1. The number of anilines is 1. The molecular formula is C15H12F2N2O3S. The van der Waals surface area contributed by atoms with Crippen LogP contribution in [0.3, 0.4) is 0 Å². The molecule has 0 spiro atoms. The molecule has 1 aliphatic heterocycles. The summed E-state index contributed by atoms with van der Waals surface area (Å²) in [6, 6.07) is 8.79.